The van der Waals surface area contributed by atoms with E-state index in [1.165, 1.54) is 37.1 Å². The minimum atomic E-state index is -0.455. The summed E-state index contributed by atoms with van der Waals surface area (Å²) in [5.74, 6) is -0.239. The van der Waals surface area contributed by atoms with Gasteiger partial charge in [0.15, 0.2) is 11.5 Å². The number of nitrogens with one attached hydrogen (secondary N) is 1. The van der Waals surface area contributed by atoms with E-state index in [0.717, 1.165) is 0 Å². The normalized spacial score (nSPS) is 10.5. The van der Waals surface area contributed by atoms with Gasteiger partial charge in [0, 0.05) is 19.2 Å². The summed E-state index contributed by atoms with van der Waals surface area (Å²) in [6, 6.07) is 9.45. The molecule has 0 saturated heterocycles. The number of benzene rings is 1. The zero-order valence-corrected chi connectivity index (χ0v) is 13.8. The number of hydrogen-bond donors (Lipinski definition) is 1. The van der Waals surface area contributed by atoms with Crippen LogP contribution < -0.4 is 20.5 Å². The van der Waals surface area contributed by atoms with Crippen LogP contribution in [0.4, 0.5) is 0 Å². The van der Waals surface area contributed by atoms with Gasteiger partial charge in [0.25, 0.3) is 11.5 Å². The molecule has 0 aliphatic rings. The lowest BCUT2D eigenvalue weighted by molar-refractivity contribution is -0.132. The van der Waals surface area contributed by atoms with Crippen LogP contribution in [0.3, 0.4) is 0 Å². The van der Waals surface area contributed by atoms with Gasteiger partial charge >= 0.3 is 5.97 Å². The summed E-state index contributed by atoms with van der Waals surface area (Å²) >= 11 is 0. The summed E-state index contributed by atoms with van der Waals surface area (Å²) in [6.07, 6.45) is 2.93. The third-order valence-corrected chi connectivity index (χ3v) is 3.06. The highest BCUT2D eigenvalue weighted by molar-refractivity contribution is 5.83. The molecule has 0 aliphatic heterocycles. The van der Waals surface area contributed by atoms with Crippen LogP contribution in [0.1, 0.15) is 12.5 Å². The minimum Gasteiger partial charge on any atom is -0.493 e. The zero-order valence-electron chi connectivity index (χ0n) is 13.8. The number of carbonyl (C=O) groups is 2. The average molecular weight is 343 g/mol. The summed E-state index contributed by atoms with van der Waals surface area (Å²) in [7, 11) is 1.45. The fourth-order valence-electron chi connectivity index (χ4n) is 1.96. The molecule has 0 saturated carbocycles. The van der Waals surface area contributed by atoms with Crippen molar-refractivity contribution in [1.29, 1.82) is 0 Å². The largest absolute Gasteiger partial charge is 0.493 e. The molecule has 0 unspecified atom stereocenters. The van der Waals surface area contributed by atoms with Gasteiger partial charge in [0.1, 0.15) is 6.54 Å². The lowest BCUT2D eigenvalue weighted by Crippen LogP contribution is -2.28. The van der Waals surface area contributed by atoms with Crippen molar-refractivity contribution >= 4 is 18.1 Å². The molecule has 1 aromatic carbocycles. The second kappa shape index (κ2) is 8.44. The molecule has 2 rings (SSSR count). The molecule has 0 bridgehead atoms. The molecule has 1 heterocycles. The van der Waals surface area contributed by atoms with E-state index in [2.05, 4.69) is 10.5 Å². The predicted octanol–water partition coefficient (Wildman–Crippen LogP) is 0.932. The fraction of sp³-hybridized carbons (Fsp3) is 0.176. The molecule has 0 spiro atoms. The highest BCUT2D eigenvalue weighted by atomic mass is 16.6. The predicted molar refractivity (Wildman–Crippen MR) is 90.7 cm³/mol. The van der Waals surface area contributed by atoms with Gasteiger partial charge in [-0.2, -0.15) is 5.10 Å². The molecular formula is C17H17N3O5. The van der Waals surface area contributed by atoms with Crippen molar-refractivity contribution in [2.75, 3.05) is 7.11 Å². The molecule has 0 fully saturated rings. The van der Waals surface area contributed by atoms with Crippen LogP contribution in [-0.2, 0) is 16.1 Å². The molecule has 2 aromatic rings. The Morgan fingerprint density at radius 1 is 1.24 bits per heavy atom. The molecule has 25 heavy (non-hydrogen) atoms. The van der Waals surface area contributed by atoms with E-state index in [4.69, 9.17) is 9.47 Å². The maximum absolute atomic E-state index is 11.8. The highest BCUT2D eigenvalue weighted by Crippen LogP contribution is 2.27. The van der Waals surface area contributed by atoms with Crippen molar-refractivity contribution in [3.63, 3.8) is 0 Å². The highest BCUT2D eigenvalue weighted by Gasteiger charge is 2.07. The first-order chi connectivity index (χ1) is 12.0. The van der Waals surface area contributed by atoms with Crippen molar-refractivity contribution in [3.8, 4) is 11.5 Å². The average Bonchev–Trinajstić information content (AvgIpc) is 2.57. The second-order valence-corrected chi connectivity index (χ2v) is 4.96. The number of rotatable bonds is 6. The number of nitrogens with zero attached hydrogens (tertiary/aromatic N) is 2. The molecule has 1 aromatic heterocycles. The van der Waals surface area contributed by atoms with Crippen LogP contribution in [-0.4, -0.2) is 29.8 Å². The van der Waals surface area contributed by atoms with Crippen molar-refractivity contribution in [3.05, 3.63) is 58.5 Å². The van der Waals surface area contributed by atoms with E-state index < -0.39 is 11.9 Å². The number of methoxy groups -OCH3 is 1. The molecule has 8 heteroatoms. The molecule has 1 N–H and O–H groups in total. The topological polar surface area (TPSA) is 99.0 Å². The first-order valence-corrected chi connectivity index (χ1v) is 7.33. The Morgan fingerprint density at radius 3 is 2.72 bits per heavy atom. The van der Waals surface area contributed by atoms with Crippen molar-refractivity contribution in [2.45, 2.75) is 13.5 Å². The third kappa shape index (κ3) is 5.31. The lowest BCUT2D eigenvalue weighted by atomic mass is 10.2. The standard InChI is InChI=1S/C17H17N3O5/c1-12(21)25-14-7-6-13(9-15(14)24-2)10-18-19-16(22)11-20-8-4-3-5-17(20)23/h3-10H,11H2,1-2H3,(H,19,22)/b18-10-. The van der Waals surface area contributed by atoms with Gasteiger partial charge in [-0.3, -0.25) is 14.4 Å². The van der Waals surface area contributed by atoms with E-state index in [0.29, 0.717) is 17.1 Å². The number of hydrogen-bond acceptors (Lipinski definition) is 6. The van der Waals surface area contributed by atoms with Crippen LogP contribution >= 0.6 is 0 Å². The maximum atomic E-state index is 11.8. The summed E-state index contributed by atoms with van der Waals surface area (Å²) in [5, 5.41) is 3.83. The van der Waals surface area contributed by atoms with E-state index in [1.807, 2.05) is 0 Å². The Bertz CT molecular complexity index is 857. The summed E-state index contributed by atoms with van der Waals surface area (Å²) in [6.45, 7) is 1.16. The summed E-state index contributed by atoms with van der Waals surface area (Å²) < 4.78 is 11.4. The molecule has 0 aliphatic carbocycles. The minimum absolute atomic E-state index is 0.133. The number of pyridine rings is 1. The second-order valence-electron chi connectivity index (χ2n) is 4.96. The zero-order chi connectivity index (χ0) is 18.2. The first-order valence-electron chi connectivity index (χ1n) is 7.33. The number of ether oxygens (including phenoxy) is 2. The van der Waals surface area contributed by atoms with Gasteiger partial charge in [-0.25, -0.2) is 5.43 Å². The van der Waals surface area contributed by atoms with Gasteiger partial charge < -0.3 is 14.0 Å². The van der Waals surface area contributed by atoms with E-state index >= 15 is 0 Å². The Labute approximate surface area is 143 Å². The van der Waals surface area contributed by atoms with Gasteiger partial charge in [0.2, 0.25) is 0 Å². The SMILES string of the molecule is COc1cc(/C=N\NC(=O)Cn2ccccc2=O)ccc1OC(C)=O. The first kappa shape index (κ1) is 17.9. The molecule has 8 nitrogen and oxygen atoms in total. The van der Waals surface area contributed by atoms with Crippen molar-refractivity contribution in [2.24, 2.45) is 5.10 Å². The lowest BCUT2D eigenvalue weighted by Gasteiger charge is -2.08. The van der Waals surface area contributed by atoms with E-state index in [-0.39, 0.29) is 12.1 Å². The van der Waals surface area contributed by atoms with Crippen molar-refractivity contribution < 1.29 is 19.1 Å². The molecule has 0 radical (unpaired) electrons. The quantitative estimate of drug-likeness (QED) is 0.364. The molecular weight excluding hydrogens is 326 g/mol. The number of aromatic nitrogens is 1. The Kier molecular flexibility index (Phi) is 6.05. The Hall–Kier alpha value is -3.42. The number of carbonyl (C=O) groups excluding carboxylic acids is 2. The monoisotopic (exact) mass is 343 g/mol. The molecule has 1 amide bonds. The van der Waals surface area contributed by atoms with Crippen LogP contribution in [0.2, 0.25) is 0 Å². The number of esters is 1. The Morgan fingerprint density at radius 2 is 2.04 bits per heavy atom. The fourth-order valence-corrected chi connectivity index (χ4v) is 1.96. The molecule has 130 valence electrons. The van der Waals surface area contributed by atoms with Gasteiger partial charge in [0.05, 0.1) is 13.3 Å². The smallest absolute Gasteiger partial charge is 0.308 e. The van der Waals surface area contributed by atoms with E-state index in [1.54, 1.807) is 30.3 Å². The Balaban J connectivity index is 1.99. The van der Waals surface area contributed by atoms with Crippen LogP contribution in [0.25, 0.3) is 0 Å². The molecule has 0 atom stereocenters. The third-order valence-electron chi connectivity index (χ3n) is 3.06. The van der Waals surface area contributed by atoms with Crippen molar-refractivity contribution in [1.82, 2.24) is 9.99 Å². The van der Waals surface area contributed by atoms with Crippen LogP contribution in [0.15, 0.2) is 52.5 Å². The summed E-state index contributed by atoms with van der Waals surface area (Å²) in [4.78, 5) is 34.3. The maximum Gasteiger partial charge on any atom is 0.308 e. The van der Waals surface area contributed by atoms with Gasteiger partial charge in [-0.05, 0) is 29.8 Å². The van der Waals surface area contributed by atoms with E-state index in [9.17, 15) is 14.4 Å². The van der Waals surface area contributed by atoms with Gasteiger partial charge in [-0.1, -0.05) is 6.07 Å². The summed E-state index contributed by atoms with van der Waals surface area (Å²) in [5.41, 5.74) is 2.69. The number of amides is 1. The van der Waals surface area contributed by atoms with Crippen LogP contribution in [0.5, 0.6) is 11.5 Å². The number of hydrazone groups is 1. The van der Waals surface area contributed by atoms with Crippen LogP contribution in [0, 0.1) is 0 Å². The van der Waals surface area contributed by atoms with Gasteiger partial charge in [-0.15, -0.1) is 0 Å².